The van der Waals surface area contributed by atoms with E-state index in [0.29, 0.717) is 0 Å². The van der Waals surface area contributed by atoms with Crippen LogP contribution < -0.4 is 9.88 Å². The zero-order valence-electron chi connectivity index (χ0n) is 10.6. The third-order valence-electron chi connectivity index (χ3n) is 2.30. The van der Waals surface area contributed by atoms with Gasteiger partial charge in [-0.1, -0.05) is 0 Å². The summed E-state index contributed by atoms with van der Waals surface area (Å²) in [6, 6.07) is 3.08. The topological polar surface area (TPSA) is 89.7 Å². The third kappa shape index (κ3) is 4.49. The minimum atomic E-state index is -3.94. The minimum Gasteiger partial charge on any atom is -0.490 e. The highest BCUT2D eigenvalue weighted by atomic mass is 32.2. The fourth-order valence-electron chi connectivity index (χ4n) is 1.25. The summed E-state index contributed by atoms with van der Waals surface area (Å²) in [5.74, 6) is -1.12. The summed E-state index contributed by atoms with van der Waals surface area (Å²) in [5, 5.41) is 4.86. The third-order valence-corrected chi connectivity index (χ3v) is 3.22. The van der Waals surface area contributed by atoms with E-state index in [4.69, 9.17) is 9.88 Å². The second kappa shape index (κ2) is 5.98. The van der Waals surface area contributed by atoms with Crippen LogP contribution in [0.2, 0.25) is 0 Å². The van der Waals surface area contributed by atoms with Crippen LogP contribution in [0.25, 0.3) is 0 Å². The van der Waals surface area contributed by atoms with E-state index in [2.05, 4.69) is 0 Å². The van der Waals surface area contributed by atoms with Crippen molar-refractivity contribution in [2.24, 2.45) is 5.14 Å². The van der Waals surface area contributed by atoms with Crippen molar-refractivity contribution >= 4 is 15.9 Å². The molecule has 0 aromatic heterocycles. The summed E-state index contributed by atoms with van der Waals surface area (Å²) in [7, 11) is -0.742. The summed E-state index contributed by atoms with van der Waals surface area (Å²) in [5.41, 5.74) is 0. The molecule has 106 valence electrons. The number of hydrogen-bond acceptors (Lipinski definition) is 4. The maximum absolute atomic E-state index is 13.5. The number of amides is 1. The largest absolute Gasteiger partial charge is 0.490 e. The van der Waals surface area contributed by atoms with E-state index in [1.54, 1.807) is 14.1 Å². The van der Waals surface area contributed by atoms with Crippen LogP contribution in [0, 0.1) is 5.82 Å². The molecule has 0 bridgehead atoms. The average molecular weight is 290 g/mol. The lowest BCUT2D eigenvalue weighted by Crippen LogP contribution is -2.23. The molecule has 8 heteroatoms. The molecule has 1 aromatic rings. The molecule has 0 spiro atoms. The smallest absolute Gasteiger partial charge is 0.238 e. The predicted octanol–water partition coefficient (Wildman–Crippen LogP) is 0.330. The van der Waals surface area contributed by atoms with Gasteiger partial charge in [0.2, 0.25) is 15.9 Å². The highest BCUT2D eigenvalue weighted by molar-refractivity contribution is 7.89. The molecule has 1 rings (SSSR count). The molecule has 6 nitrogen and oxygen atoms in total. The number of ether oxygens (including phenoxy) is 1. The van der Waals surface area contributed by atoms with Gasteiger partial charge in [-0.25, -0.2) is 17.9 Å². The Bertz CT molecular complexity index is 572. The zero-order valence-corrected chi connectivity index (χ0v) is 11.4. The number of carbonyl (C=O) groups excluding carboxylic acids is 1. The second-order valence-electron chi connectivity index (χ2n) is 4.02. The Balaban J connectivity index is 2.69. The summed E-state index contributed by atoms with van der Waals surface area (Å²) in [4.78, 5) is 12.3. The van der Waals surface area contributed by atoms with Crippen LogP contribution in [0.5, 0.6) is 5.75 Å². The van der Waals surface area contributed by atoms with Gasteiger partial charge in [-0.2, -0.15) is 0 Å². The van der Waals surface area contributed by atoms with Crippen molar-refractivity contribution in [1.82, 2.24) is 4.90 Å². The van der Waals surface area contributed by atoms with Gasteiger partial charge in [0.05, 0.1) is 17.9 Å². The van der Waals surface area contributed by atoms with Crippen LogP contribution >= 0.6 is 0 Å². The number of nitrogens with zero attached hydrogens (tertiary/aromatic N) is 1. The van der Waals surface area contributed by atoms with E-state index in [1.165, 1.54) is 4.90 Å². The molecule has 2 N–H and O–H groups in total. The summed E-state index contributed by atoms with van der Waals surface area (Å²) >= 11 is 0. The summed E-state index contributed by atoms with van der Waals surface area (Å²) in [6.45, 7) is 0.00263. The van der Waals surface area contributed by atoms with Gasteiger partial charge in [0, 0.05) is 14.1 Å². The fourth-order valence-corrected chi connectivity index (χ4v) is 1.77. The van der Waals surface area contributed by atoms with Crippen molar-refractivity contribution in [3.63, 3.8) is 0 Å². The van der Waals surface area contributed by atoms with Gasteiger partial charge in [-0.3, -0.25) is 4.79 Å². The van der Waals surface area contributed by atoms with Crippen LogP contribution in [0.4, 0.5) is 4.39 Å². The first-order valence-corrected chi connectivity index (χ1v) is 6.92. The monoisotopic (exact) mass is 290 g/mol. The number of sulfonamides is 1. The van der Waals surface area contributed by atoms with Crippen LogP contribution in [-0.4, -0.2) is 39.9 Å². The lowest BCUT2D eigenvalue weighted by Gasteiger charge is -2.11. The molecule has 0 aliphatic carbocycles. The Kier molecular flexibility index (Phi) is 4.84. The van der Waals surface area contributed by atoms with E-state index in [-0.39, 0.29) is 29.6 Å². The Labute approximate surface area is 111 Å². The van der Waals surface area contributed by atoms with E-state index in [9.17, 15) is 17.6 Å². The van der Waals surface area contributed by atoms with Crippen molar-refractivity contribution in [3.8, 4) is 5.75 Å². The van der Waals surface area contributed by atoms with Gasteiger partial charge in [0.25, 0.3) is 0 Å². The highest BCUT2D eigenvalue weighted by Crippen LogP contribution is 2.20. The first kappa shape index (κ1) is 15.4. The van der Waals surface area contributed by atoms with Crippen LogP contribution in [0.15, 0.2) is 23.1 Å². The van der Waals surface area contributed by atoms with Crippen LogP contribution in [0.1, 0.15) is 6.42 Å². The van der Waals surface area contributed by atoms with Crippen molar-refractivity contribution in [2.45, 2.75) is 11.3 Å². The van der Waals surface area contributed by atoms with Crippen LogP contribution in [0.3, 0.4) is 0 Å². The fraction of sp³-hybridized carbons (Fsp3) is 0.364. The summed E-state index contributed by atoms with van der Waals surface area (Å²) < 4.78 is 40.6. The Morgan fingerprint density at radius 3 is 2.53 bits per heavy atom. The molecular formula is C11H15FN2O4S. The lowest BCUT2D eigenvalue weighted by molar-refractivity contribution is -0.129. The Morgan fingerprint density at radius 1 is 1.42 bits per heavy atom. The van der Waals surface area contributed by atoms with Gasteiger partial charge in [0.1, 0.15) is 0 Å². The predicted molar refractivity (Wildman–Crippen MR) is 66.6 cm³/mol. The van der Waals surface area contributed by atoms with Gasteiger partial charge < -0.3 is 9.64 Å². The van der Waals surface area contributed by atoms with Gasteiger partial charge in [0.15, 0.2) is 11.6 Å². The van der Waals surface area contributed by atoms with E-state index in [0.717, 1.165) is 18.2 Å². The zero-order chi connectivity index (χ0) is 14.6. The normalized spacial score (nSPS) is 11.2. The maximum Gasteiger partial charge on any atom is 0.238 e. The molecular weight excluding hydrogens is 275 g/mol. The molecule has 0 heterocycles. The van der Waals surface area contributed by atoms with E-state index < -0.39 is 15.8 Å². The molecule has 19 heavy (non-hydrogen) atoms. The molecule has 0 atom stereocenters. The number of rotatable bonds is 5. The molecule has 0 saturated carbocycles. The van der Waals surface area contributed by atoms with Crippen molar-refractivity contribution < 1.29 is 22.3 Å². The van der Waals surface area contributed by atoms with E-state index >= 15 is 0 Å². The summed E-state index contributed by atoms with van der Waals surface area (Å²) in [6.07, 6.45) is 0.101. The molecule has 1 amide bonds. The molecule has 1 aromatic carbocycles. The number of halogens is 1. The number of nitrogens with two attached hydrogens (primary N) is 1. The number of benzene rings is 1. The molecule has 0 unspecified atom stereocenters. The van der Waals surface area contributed by atoms with Crippen molar-refractivity contribution in [2.75, 3.05) is 20.7 Å². The lowest BCUT2D eigenvalue weighted by atomic mass is 10.3. The van der Waals surface area contributed by atoms with E-state index in [1.807, 2.05) is 0 Å². The Morgan fingerprint density at radius 2 is 2.05 bits per heavy atom. The van der Waals surface area contributed by atoms with Gasteiger partial charge in [-0.05, 0) is 18.2 Å². The number of hydrogen-bond donors (Lipinski definition) is 1. The number of carbonyl (C=O) groups is 1. The minimum absolute atomic E-state index is 0.00263. The average Bonchev–Trinajstić information content (AvgIpc) is 2.29. The van der Waals surface area contributed by atoms with Crippen molar-refractivity contribution in [3.05, 3.63) is 24.0 Å². The maximum atomic E-state index is 13.5. The molecule has 0 saturated heterocycles. The van der Waals surface area contributed by atoms with Crippen LogP contribution in [-0.2, 0) is 14.8 Å². The molecule has 0 aliphatic rings. The van der Waals surface area contributed by atoms with Crippen molar-refractivity contribution in [1.29, 1.82) is 0 Å². The first-order chi connectivity index (χ1) is 8.71. The SMILES string of the molecule is CN(C)C(=O)CCOc1ccc(S(N)(=O)=O)cc1F. The first-order valence-electron chi connectivity index (χ1n) is 5.37. The quantitative estimate of drug-likeness (QED) is 0.846. The molecule has 0 fully saturated rings. The molecule has 0 aliphatic heterocycles. The van der Waals surface area contributed by atoms with Gasteiger partial charge >= 0.3 is 0 Å². The van der Waals surface area contributed by atoms with Gasteiger partial charge in [-0.15, -0.1) is 0 Å². The second-order valence-corrected chi connectivity index (χ2v) is 5.59. The molecule has 0 radical (unpaired) electrons. The Hall–Kier alpha value is -1.67. The standard InChI is InChI=1S/C11H15FN2O4S/c1-14(2)11(15)5-6-18-10-4-3-8(7-9(10)12)19(13,16)17/h3-4,7H,5-6H2,1-2H3,(H2,13,16,17). The highest BCUT2D eigenvalue weighted by Gasteiger charge is 2.12. The number of primary sulfonamides is 1.